The van der Waals surface area contributed by atoms with Crippen LogP contribution >= 0.6 is 0 Å². The summed E-state index contributed by atoms with van der Waals surface area (Å²) in [6.07, 6.45) is 1.54. The third-order valence-corrected chi connectivity index (χ3v) is 7.43. The number of ether oxygens (including phenoxy) is 1. The summed E-state index contributed by atoms with van der Waals surface area (Å²) >= 11 is 0. The SMILES string of the molecule is O=S(=O)(Oc1ccc2[nH]c3c(c2c1)CCNC31CCN(CCOc2ccccc2)C1)C(F)(F)F. The summed E-state index contributed by atoms with van der Waals surface area (Å²) in [5.74, 6) is 0.473. The van der Waals surface area contributed by atoms with Gasteiger partial charge in [-0.1, -0.05) is 18.2 Å². The number of H-pyrrole nitrogens is 1. The Morgan fingerprint density at radius 2 is 1.88 bits per heavy atom. The molecule has 0 bridgehead atoms. The quantitative estimate of drug-likeness (QED) is 0.402. The summed E-state index contributed by atoms with van der Waals surface area (Å²) in [5, 5.41) is 4.31. The van der Waals surface area contributed by atoms with E-state index in [0.29, 0.717) is 25.0 Å². The zero-order valence-electron chi connectivity index (χ0n) is 18.2. The van der Waals surface area contributed by atoms with Crippen LogP contribution in [0.3, 0.4) is 0 Å². The smallest absolute Gasteiger partial charge is 0.492 e. The molecule has 11 heteroatoms. The molecule has 5 rings (SSSR count). The number of rotatable bonds is 6. The number of aromatic nitrogens is 1. The maximum absolute atomic E-state index is 12.7. The van der Waals surface area contributed by atoms with Crippen molar-refractivity contribution in [2.75, 3.05) is 32.8 Å². The van der Waals surface area contributed by atoms with E-state index in [-0.39, 0.29) is 11.3 Å². The van der Waals surface area contributed by atoms with Crippen LogP contribution in [0.25, 0.3) is 10.9 Å². The van der Waals surface area contributed by atoms with Crippen molar-refractivity contribution in [1.82, 2.24) is 15.2 Å². The lowest BCUT2D eigenvalue weighted by Gasteiger charge is -2.35. The molecule has 1 unspecified atom stereocenters. The number of likely N-dealkylation sites (tertiary alicyclic amines) is 1. The van der Waals surface area contributed by atoms with Crippen molar-refractivity contribution in [1.29, 1.82) is 0 Å². The molecule has 1 atom stereocenters. The van der Waals surface area contributed by atoms with Gasteiger partial charge >= 0.3 is 15.6 Å². The van der Waals surface area contributed by atoms with E-state index in [4.69, 9.17) is 4.74 Å². The van der Waals surface area contributed by atoms with E-state index in [1.54, 1.807) is 6.07 Å². The summed E-state index contributed by atoms with van der Waals surface area (Å²) in [7, 11) is -5.72. The predicted octanol–water partition coefficient (Wildman–Crippen LogP) is 3.52. The molecule has 2 N–H and O–H groups in total. The second-order valence-electron chi connectivity index (χ2n) is 8.62. The molecule has 0 aliphatic carbocycles. The number of hydrogen-bond donors (Lipinski definition) is 2. The second kappa shape index (κ2) is 8.47. The minimum Gasteiger partial charge on any atom is -0.492 e. The molecule has 34 heavy (non-hydrogen) atoms. The van der Waals surface area contributed by atoms with Crippen LogP contribution in [0, 0.1) is 0 Å². The Morgan fingerprint density at radius 3 is 2.65 bits per heavy atom. The van der Waals surface area contributed by atoms with Crippen LogP contribution in [0.4, 0.5) is 13.2 Å². The van der Waals surface area contributed by atoms with Crippen molar-refractivity contribution in [2.24, 2.45) is 0 Å². The Kier molecular flexibility index (Phi) is 5.73. The van der Waals surface area contributed by atoms with Crippen molar-refractivity contribution < 1.29 is 30.5 Å². The maximum Gasteiger partial charge on any atom is 0.534 e. The fourth-order valence-corrected chi connectivity index (χ4v) is 5.32. The number of hydrogen-bond acceptors (Lipinski definition) is 6. The number of nitrogens with zero attached hydrogens (tertiary/aromatic N) is 1. The first kappa shape index (κ1) is 23.0. The summed E-state index contributed by atoms with van der Waals surface area (Å²) in [5.41, 5.74) is -3.08. The van der Waals surface area contributed by atoms with Gasteiger partial charge in [-0.05, 0) is 48.7 Å². The van der Waals surface area contributed by atoms with Gasteiger partial charge in [0.25, 0.3) is 0 Å². The number of halogens is 3. The molecule has 1 saturated heterocycles. The molecule has 0 radical (unpaired) electrons. The van der Waals surface area contributed by atoms with Crippen LogP contribution in [0.5, 0.6) is 11.5 Å². The van der Waals surface area contributed by atoms with E-state index >= 15 is 0 Å². The Bertz CT molecular complexity index is 1290. The molecule has 2 aliphatic heterocycles. The number of nitrogens with one attached hydrogen (secondary N) is 2. The summed E-state index contributed by atoms with van der Waals surface area (Å²) in [6, 6.07) is 13.8. The van der Waals surface area contributed by atoms with Crippen LogP contribution in [0.1, 0.15) is 17.7 Å². The first-order valence-corrected chi connectivity index (χ1v) is 12.4. The average molecular weight is 496 g/mol. The van der Waals surface area contributed by atoms with Gasteiger partial charge in [-0.15, -0.1) is 0 Å². The van der Waals surface area contributed by atoms with Gasteiger partial charge in [-0.3, -0.25) is 4.90 Å². The van der Waals surface area contributed by atoms with Crippen molar-refractivity contribution in [2.45, 2.75) is 23.9 Å². The first-order chi connectivity index (χ1) is 16.2. The highest BCUT2D eigenvalue weighted by Gasteiger charge is 2.49. The van der Waals surface area contributed by atoms with Gasteiger partial charge in [0.15, 0.2) is 0 Å². The number of para-hydroxylation sites is 1. The number of aromatic amines is 1. The number of alkyl halides is 3. The molecule has 2 aliphatic rings. The fraction of sp³-hybridized carbons (Fsp3) is 0.391. The normalized spacial score (nSPS) is 21.1. The minimum absolute atomic E-state index is 0.307. The molecular formula is C23H24F3N3O4S. The molecule has 1 spiro atoms. The molecule has 7 nitrogen and oxygen atoms in total. The van der Waals surface area contributed by atoms with E-state index in [2.05, 4.69) is 19.4 Å². The predicted molar refractivity (Wildman–Crippen MR) is 120 cm³/mol. The fourth-order valence-electron chi connectivity index (χ4n) is 4.87. The molecule has 0 amide bonds. The van der Waals surface area contributed by atoms with Crippen LogP contribution in [-0.4, -0.2) is 56.6 Å². The van der Waals surface area contributed by atoms with E-state index in [1.165, 1.54) is 12.1 Å². The van der Waals surface area contributed by atoms with Crippen LogP contribution < -0.4 is 14.2 Å². The van der Waals surface area contributed by atoms with Gasteiger partial charge in [-0.2, -0.15) is 21.6 Å². The molecule has 3 heterocycles. The highest BCUT2D eigenvalue weighted by atomic mass is 32.2. The molecule has 3 aromatic rings. The molecule has 0 saturated carbocycles. The van der Waals surface area contributed by atoms with E-state index in [0.717, 1.165) is 48.6 Å². The maximum atomic E-state index is 12.7. The Labute approximate surface area is 195 Å². The van der Waals surface area contributed by atoms with E-state index in [1.807, 2.05) is 30.3 Å². The Hall–Kier alpha value is -2.76. The largest absolute Gasteiger partial charge is 0.534 e. The van der Waals surface area contributed by atoms with E-state index in [9.17, 15) is 21.6 Å². The highest BCUT2D eigenvalue weighted by Crippen LogP contribution is 2.40. The highest BCUT2D eigenvalue weighted by molar-refractivity contribution is 7.88. The van der Waals surface area contributed by atoms with Crippen molar-refractivity contribution in [3.63, 3.8) is 0 Å². The lowest BCUT2D eigenvalue weighted by atomic mass is 9.86. The van der Waals surface area contributed by atoms with Gasteiger partial charge in [0.1, 0.15) is 18.1 Å². The lowest BCUT2D eigenvalue weighted by molar-refractivity contribution is -0.0500. The number of benzene rings is 2. The Balaban J connectivity index is 1.34. The number of fused-ring (bicyclic) bond motifs is 4. The molecule has 2 aromatic carbocycles. The minimum atomic E-state index is -5.72. The van der Waals surface area contributed by atoms with Gasteiger partial charge in [0.2, 0.25) is 0 Å². The van der Waals surface area contributed by atoms with E-state index < -0.39 is 15.6 Å². The topological polar surface area (TPSA) is 83.7 Å². The van der Waals surface area contributed by atoms with Crippen molar-refractivity contribution in [3.8, 4) is 11.5 Å². The molecule has 182 valence electrons. The van der Waals surface area contributed by atoms with Crippen LogP contribution in [0.2, 0.25) is 0 Å². The Morgan fingerprint density at radius 1 is 1.09 bits per heavy atom. The average Bonchev–Trinajstić information content (AvgIpc) is 3.36. The third-order valence-electron chi connectivity index (χ3n) is 6.45. The molecule has 1 fully saturated rings. The van der Waals surface area contributed by atoms with Gasteiger partial charge in [-0.25, -0.2) is 0 Å². The summed E-state index contributed by atoms with van der Waals surface area (Å²) in [6.45, 7) is 3.67. The molecular weight excluding hydrogens is 471 g/mol. The van der Waals surface area contributed by atoms with Crippen molar-refractivity contribution in [3.05, 3.63) is 59.8 Å². The van der Waals surface area contributed by atoms with Gasteiger partial charge in [0.05, 0.1) is 5.54 Å². The molecule has 1 aromatic heterocycles. The van der Waals surface area contributed by atoms with Crippen molar-refractivity contribution >= 4 is 21.0 Å². The monoisotopic (exact) mass is 495 g/mol. The zero-order chi connectivity index (χ0) is 24.0. The first-order valence-electron chi connectivity index (χ1n) is 11.0. The lowest BCUT2D eigenvalue weighted by Crippen LogP contribution is -2.49. The van der Waals surface area contributed by atoms with Gasteiger partial charge in [0, 0.05) is 42.8 Å². The summed E-state index contributed by atoms with van der Waals surface area (Å²) in [4.78, 5) is 5.74. The van der Waals surface area contributed by atoms with Crippen LogP contribution in [0.15, 0.2) is 48.5 Å². The van der Waals surface area contributed by atoms with Crippen LogP contribution in [-0.2, 0) is 22.1 Å². The van der Waals surface area contributed by atoms with Gasteiger partial charge < -0.3 is 19.2 Å². The third kappa shape index (κ3) is 4.23. The second-order valence-corrected chi connectivity index (χ2v) is 10.2. The zero-order valence-corrected chi connectivity index (χ0v) is 19.0. The standard InChI is InChI=1S/C23H24F3N3O4S/c24-23(25,26)34(30,31)33-17-6-7-20-19(14-17)18-8-10-27-22(21(18)28-20)9-11-29(15-22)12-13-32-16-4-2-1-3-5-16/h1-7,14,27-28H,8-13,15H2. The summed E-state index contributed by atoms with van der Waals surface area (Å²) < 4.78 is 71.2.